The molecule has 2 aliphatic heterocycles. The highest BCUT2D eigenvalue weighted by atomic mass is 35.5. The minimum Gasteiger partial charge on any atom is -0.336 e. The maximum Gasteiger partial charge on any atom is 0.262 e. The molecule has 2 heterocycles. The molecule has 0 radical (unpaired) electrons. The maximum atomic E-state index is 12.9. The lowest BCUT2D eigenvalue weighted by Gasteiger charge is -2.43. The summed E-state index contributed by atoms with van der Waals surface area (Å²) in [6, 6.07) is 5.76. The summed E-state index contributed by atoms with van der Waals surface area (Å²) in [5.74, 6) is 0.387. The number of halogens is 1. The molecule has 4 nitrogen and oxygen atoms in total. The first-order chi connectivity index (χ1) is 12.1. The fourth-order valence-corrected chi connectivity index (χ4v) is 5.29. The number of nitrogens with one attached hydrogen (secondary N) is 1. The Morgan fingerprint density at radius 3 is 2.92 bits per heavy atom. The minimum absolute atomic E-state index is 0.0216. The van der Waals surface area contributed by atoms with E-state index in [2.05, 4.69) is 5.32 Å². The number of hydrogen-bond donors (Lipinski definition) is 1. The van der Waals surface area contributed by atoms with Crippen molar-refractivity contribution < 1.29 is 9.59 Å². The van der Waals surface area contributed by atoms with Crippen LogP contribution in [0, 0.1) is 5.92 Å². The number of benzene rings is 1. The molecule has 1 aromatic carbocycles. The SMILES string of the molecule is O=C1Nc2cc(Cl)ccc2S/C1=C\C(=O)N1CCC[C@@H]2CCCC[C@@H]21. The number of nitrogens with zero attached hydrogens (tertiary/aromatic N) is 1. The molecule has 0 bridgehead atoms. The second-order valence-electron chi connectivity index (χ2n) is 6.99. The molecule has 2 atom stereocenters. The molecule has 0 unspecified atom stereocenters. The molecular weight excluding hydrogens is 356 g/mol. The van der Waals surface area contributed by atoms with Gasteiger partial charge >= 0.3 is 0 Å². The minimum atomic E-state index is -0.231. The van der Waals surface area contributed by atoms with Crippen molar-refractivity contribution in [3.05, 3.63) is 34.2 Å². The second-order valence-corrected chi connectivity index (χ2v) is 8.51. The van der Waals surface area contributed by atoms with Crippen molar-refractivity contribution in [2.24, 2.45) is 5.92 Å². The van der Waals surface area contributed by atoms with Gasteiger partial charge in [0.05, 0.1) is 10.6 Å². The Morgan fingerprint density at radius 1 is 1.24 bits per heavy atom. The topological polar surface area (TPSA) is 49.4 Å². The molecule has 0 spiro atoms. The van der Waals surface area contributed by atoms with Crippen LogP contribution in [0.3, 0.4) is 0 Å². The van der Waals surface area contributed by atoms with E-state index in [9.17, 15) is 9.59 Å². The molecular formula is C19H21ClN2O2S. The number of anilines is 1. The van der Waals surface area contributed by atoms with Crippen LogP contribution in [-0.2, 0) is 9.59 Å². The number of fused-ring (bicyclic) bond motifs is 2. The van der Waals surface area contributed by atoms with Crippen LogP contribution in [0.2, 0.25) is 5.02 Å². The van der Waals surface area contributed by atoms with Gasteiger partial charge in [0.15, 0.2) is 0 Å². The summed E-state index contributed by atoms with van der Waals surface area (Å²) >= 11 is 7.31. The largest absolute Gasteiger partial charge is 0.336 e. The highest BCUT2D eigenvalue weighted by molar-refractivity contribution is 8.04. The number of amides is 2. The Kier molecular flexibility index (Phi) is 4.78. The molecule has 2 amide bonds. The molecule has 1 N–H and O–H groups in total. The van der Waals surface area contributed by atoms with Gasteiger partial charge in [0.1, 0.15) is 0 Å². The monoisotopic (exact) mass is 376 g/mol. The van der Waals surface area contributed by atoms with Crippen LogP contribution in [0.1, 0.15) is 38.5 Å². The lowest BCUT2D eigenvalue weighted by molar-refractivity contribution is -0.132. The van der Waals surface area contributed by atoms with Crippen LogP contribution in [0.5, 0.6) is 0 Å². The van der Waals surface area contributed by atoms with Gasteiger partial charge in [-0.15, -0.1) is 0 Å². The Labute approximate surface area is 157 Å². The van der Waals surface area contributed by atoms with Gasteiger partial charge in [-0.25, -0.2) is 0 Å². The number of carbonyl (C=O) groups excluding carboxylic acids is 2. The Balaban J connectivity index is 1.54. The van der Waals surface area contributed by atoms with E-state index in [1.807, 2.05) is 11.0 Å². The molecule has 1 saturated carbocycles. The summed E-state index contributed by atoms with van der Waals surface area (Å²) in [5.41, 5.74) is 0.706. The second kappa shape index (κ2) is 7.04. The summed E-state index contributed by atoms with van der Waals surface area (Å²) < 4.78 is 0. The number of likely N-dealkylation sites (tertiary alicyclic amines) is 1. The van der Waals surface area contributed by atoms with Gasteiger partial charge < -0.3 is 10.2 Å². The van der Waals surface area contributed by atoms with Crippen LogP contribution in [0.25, 0.3) is 0 Å². The third kappa shape index (κ3) is 3.44. The number of rotatable bonds is 1. The number of piperidine rings is 1. The van der Waals surface area contributed by atoms with Crippen molar-refractivity contribution in [3.8, 4) is 0 Å². The van der Waals surface area contributed by atoms with Gasteiger partial charge in [0, 0.05) is 28.6 Å². The number of hydrogen-bond acceptors (Lipinski definition) is 3. The third-order valence-electron chi connectivity index (χ3n) is 5.41. The smallest absolute Gasteiger partial charge is 0.262 e. The van der Waals surface area contributed by atoms with E-state index < -0.39 is 0 Å². The van der Waals surface area contributed by atoms with E-state index >= 15 is 0 Å². The summed E-state index contributed by atoms with van der Waals surface area (Å²) in [7, 11) is 0. The highest BCUT2D eigenvalue weighted by Gasteiger charge is 2.35. The summed E-state index contributed by atoms with van der Waals surface area (Å²) in [6.07, 6.45) is 8.63. The van der Waals surface area contributed by atoms with E-state index in [0.717, 1.165) is 24.3 Å². The van der Waals surface area contributed by atoms with Gasteiger partial charge in [0.2, 0.25) is 5.91 Å². The van der Waals surface area contributed by atoms with Crippen LogP contribution in [0.4, 0.5) is 5.69 Å². The third-order valence-corrected chi connectivity index (χ3v) is 6.75. The quantitative estimate of drug-likeness (QED) is 0.736. The van der Waals surface area contributed by atoms with Crippen molar-refractivity contribution in [2.45, 2.75) is 49.5 Å². The van der Waals surface area contributed by atoms with Crippen LogP contribution >= 0.6 is 23.4 Å². The molecule has 4 rings (SSSR count). The van der Waals surface area contributed by atoms with Crippen molar-refractivity contribution in [2.75, 3.05) is 11.9 Å². The molecule has 6 heteroatoms. The normalized spacial score (nSPS) is 27.5. The zero-order valence-electron chi connectivity index (χ0n) is 14.0. The standard InChI is InChI=1S/C19H21ClN2O2S/c20-13-7-8-16-14(10-13)21-19(24)17(25-16)11-18(23)22-9-3-5-12-4-1-2-6-15(12)22/h7-8,10-12,15H,1-6,9H2,(H,21,24)/b17-11-/t12-,15-/m0/s1. The Hall–Kier alpha value is -1.46. The summed E-state index contributed by atoms with van der Waals surface area (Å²) in [4.78, 5) is 28.6. The molecule has 2 fully saturated rings. The summed E-state index contributed by atoms with van der Waals surface area (Å²) in [6.45, 7) is 0.808. The molecule has 25 heavy (non-hydrogen) atoms. The summed E-state index contributed by atoms with van der Waals surface area (Å²) in [5, 5.41) is 3.42. The maximum absolute atomic E-state index is 12.9. The van der Waals surface area contributed by atoms with Crippen LogP contribution in [-0.4, -0.2) is 29.3 Å². The molecule has 1 aromatic rings. The van der Waals surface area contributed by atoms with Gasteiger partial charge in [-0.05, 0) is 49.8 Å². The predicted molar refractivity (Wildman–Crippen MR) is 101 cm³/mol. The Bertz CT molecular complexity index is 747. The van der Waals surface area contributed by atoms with Crippen molar-refractivity contribution >= 4 is 40.9 Å². The van der Waals surface area contributed by atoms with Crippen molar-refractivity contribution in [1.82, 2.24) is 4.90 Å². The van der Waals surface area contributed by atoms with E-state index in [1.165, 1.54) is 43.5 Å². The zero-order valence-corrected chi connectivity index (χ0v) is 15.5. The van der Waals surface area contributed by atoms with E-state index in [-0.39, 0.29) is 11.8 Å². The lowest BCUT2D eigenvalue weighted by atomic mass is 9.78. The van der Waals surface area contributed by atoms with Crippen molar-refractivity contribution in [1.29, 1.82) is 0 Å². The first-order valence-electron chi connectivity index (χ1n) is 8.93. The number of thioether (sulfide) groups is 1. The lowest BCUT2D eigenvalue weighted by Crippen LogP contribution is -2.49. The fraction of sp³-hybridized carbons (Fsp3) is 0.474. The highest BCUT2D eigenvalue weighted by Crippen LogP contribution is 2.40. The zero-order chi connectivity index (χ0) is 17.4. The predicted octanol–water partition coefficient (Wildman–Crippen LogP) is 4.45. The molecule has 132 valence electrons. The fourth-order valence-electron chi connectivity index (χ4n) is 4.23. The van der Waals surface area contributed by atoms with Gasteiger partial charge in [-0.2, -0.15) is 0 Å². The van der Waals surface area contributed by atoms with E-state index in [4.69, 9.17) is 11.6 Å². The molecule has 1 aliphatic carbocycles. The molecule has 1 saturated heterocycles. The average molecular weight is 377 g/mol. The van der Waals surface area contributed by atoms with E-state index in [0.29, 0.717) is 27.6 Å². The molecule has 3 aliphatic rings. The first kappa shape index (κ1) is 17.0. The van der Waals surface area contributed by atoms with Crippen LogP contribution < -0.4 is 5.32 Å². The van der Waals surface area contributed by atoms with E-state index in [1.54, 1.807) is 12.1 Å². The van der Waals surface area contributed by atoms with Gasteiger partial charge in [-0.3, -0.25) is 9.59 Å². The number of carbonyl (C=O) groups is 2. The Morgan fingerprint density at radius 2 is 2.04 bits per heavy atom. The van der Waals surface area contributed by atoms with Crippen molar-refractivity contribution in [3.63, 3.8) is 0 Å². The molecule has 0 aromatic heterocycles. The average Bonchev–Trinajstić information content (AvgIpc) is 2.62. The van der Waals surface area contributed by atoms with Gasteiger partial charge in [0.25, 0.3) is 5.91 Å². The first-order valence-corrected chi connectivity index (χ1v) is 10.1. The van der Waals surface area contributed by atoms with Gasteiger partial charge in [-0.1, -0.05) is 36.2 Å². The van der Waals surface area contributed by atoms with Crippen LogP contribution in [0.15, 0.2) is 34.1 Å².